The van der Waals surface area contributed by atoms with E-state index in [1.54, 1.807) is 0 Å². The highest BCUT2D eigenvalue weighted by Gasteiger charge is 1.78. The molecule has 0 aliphatic heterocycles. The van der Waals surface area contributed by atoms with Crippen LogP contribution in [0.2, 0.25) is 0 Å². The molecule has 0 saturated heterocycles. The molecule has 0 spiro atoms. The van der Waals surface area contributed by atoms with E-state index in [1.165, 1.54) is 0 Å². The molecule has 4 heteroatoms. The normalized spacial score (nSPS) is 9.00. The molecule has 0 fully saturated rings. The van der Waals surface area contributed by atoms with Gasteiger partial charge in [0.1, 0.15) is 0 Å². The van der Waals surface area contributed by atoms with Gasteiger partial charge in [-0.2, -0.15) is 0 Å². The van der Waals surface area contributed by atoms with Crippen molar-refractivity contribution in [3.8, 4) is 0 Å². The lowest BCUT2D eigenvalue weighted by Gasteiger charge is -1.70. The highest BCUT2D eigenvalue weighted by atomic mass is 32.2. The summed E-state index contributed by atoms with van der Waals surface area (Å²) >= 11 is 3.40. The molecule has 0 aromatic rings. The van der Waals surface area contributed by atoms with E-state index in [0.29, 0.717) is 0 Å². The molecule has 2 nitrogen and oxygen atoms in total. The molecule has 0 N–H and O–H groups in total. The third-order valence-corrected chi connectivity index (χ3v) is 1.12. The van der Waals surface area contributed by atoms with Crippen LogP contribution < -0.4 is 0 Å². The van der Waals surface area contributed by atoms with Crippen LogP contribution >= 0.6 is 12.6 Å². The summed E-state index contributed by atoms with van der Waals surface area (Å²) in [6.07, 6.45) is 0. The summed E-state index contributed by atoms with van der Waals surface area (Å²) in [7, 11) is -2.49. The Morgan fingerprint density at radius 1 is 1.67 bits per heavy atom. The van der Waals surface area contributed by atoms with Crippen molar-refractivity contribution in [2.45, 2.75) is 0 Å². The van der Waals surface area contributed by atoms with E-state index in [1.807, 2.05) is 0 Å². The molecule has 0 rings (SSSR count). The maximum atomic E-state index is 9.56. The summed E-state index contributed by atoms with van der Waals surface area (Å²) in [6.45, 7) is 3.02. The summed E-state index contributed by atoms with van der Waals surface area (Å²) in [5.41, 5.74) is 0. The molecule has 0 saturated carbocycles. The van der Waals surface area contributed by atoms with Crippen LogP contribution in [0.3, 0.4) is 0 Å². The van der Waals surface area contributed by atoms with Crippen LogP contribution in [0, 0.1) is 0 Å². The zero-order chi connectivity index (χ0) is 5.15. The summed E-state index contributed by atoms with van der Waals surface area (Å²) in [5.74, 6) is 0. The van der Waals surface area contributed by atoms with Crippen molar-refractivity contribution in [2.24, 2.45) is 0 Å². The Morgan fingerprint density at radius 2 is 1.83 bits per heavy atom. The van der Waals surface area contributed by atoms with Gasteiger partial charge in [0, 0.05) is 0 Å². The van der Waals surface area contributed by atoms with Crippen LogP contribution in [0.4, 0.5) is 0 Å². The molecule has 0 bridgehead atoms. The van der Waals surface area contributed by atoms with Crippen LogP contribution in [-0.4, -0.2) is 8.42 Å². The van der Waals surface area contributed by atoms with Gasteiger partial charge in [-0.25, -0.2) is 8.42 Å². The quantitative estimate of drug-likeness (QED) is 0.482. The predicted octanol–water partition coefficient (Wildman–Crippen LogP) is -0.00120. The Morgan fingerprint density at radius 3 is 1.83 bits per heavy atom. The standard InChI is InChI=1S/C2H4O2S2/c1-2(5)6(3)4/h5-6H,1H2. The van der Waals surface area contributed by atoms with E-state index in [9.17, 15) is 8.42 Å². The minimum atomic E-state index is -2.49. The molecule has 0 aromatic carbocycles. The highest BCUT2D eigenvalue weighted by Crippen LogP contribution is 1.91. The largest absolute Gasteiger partial charge is 0.226 e. The smallest absolute Gasteiger partial charge is 0.173 e. The van der Waals surface area contributed by atoms with Crippen molar-refractivity contribution in [3.05, 3.63) is 10.8 Å². The maximum Gasteiger partial charge on any atom is 0.173 e. The third kappa shape index (κ3) is 2.29. The van der Waals surface area contributed by atoms with Crippen LogP contribution in [-0.2, 0) is 10.7 Å². The Balaban J connectivity index is 3.94. The van der Waals surface area contributed by atoms with Crippen molar-refractivity contribution in [1.29, 1.82) is 0 Å². The number of hydrogen-bond acceptors (Lipinski definition) is 3. The van der Waals surface area contributed by atoms with Crippen molar-refractivity contribution >= 4 is 23.3 Å². The Bertz CT molecular complexity index is 116. The fourth-order valence-corrected chi connectivity index (χ4v) is 0. The van der Waals surface area contributed by atoms with Gasteiger partial charge in [-0.1, -0.05) is 6.58 Å². The molecule has 36 valence electrons. The first-order valence-corrected chi connectivity index (χ1v) is 2.79. The van der Waals surface area contributed by atoms with Crippen molar-refractivity contribution in [1.82, 2.24) is 0 Å². The van der Waals surface area contributed by atoms with Gasteiger partial charge in [-0.15, -0.1) is 12.6 Å². The van der Waals surface area contributed by atoms with Gasteiger partial charge in [0.05, 0.1) is 4.24 Å². The summed E-state index contributed by atoms with van der Waals surface area (Å²) in [5, 5.41) is 0. The van der Waals surface area contributed by atoms with Crippen molar-refractivity contribution in [3.63, 3.8) is 0 Å². The van der Waals surface area contributed by atoms with E-state index in [2.05, 4.69) is 19.2 Å². The molecule has 0 atom stereocenters. The zero-order valence-electron chi connectivity index (χ0n) is 2.92. The third-order valence-electron chi connectivity index (χ3n) is 0.211. The minimum Gasteiger partial charge on any atom is -0.226 e. The van der Waals surface area contributed by atoms with Crippen molar-refractivity contribution < 1.29 is 8.42 Å². The Kier molecular flexibility index (Phi) is 2.27. The van der Waals surface area contributed by atoms with Gasteiger partial charge >= 0.3 is 0 Å². The van der Waals surface area contributed by atoms with E-state index < -0.39 is 10.7 Å². The average molecular weight is 124 g/mol. The average Bonchev–Trinajstić information content (AvgIpc) is 1.36. The van der Waals surface area contributed by atoms with Gasteiger partial charge in [-0.05, 0) is 0 Å². The van der Waals surface area contributed by atoms with Gasteiger partial charge in [0.15, 0.2) is 10.7 Å². The minimum absolute atomic E-state index is 0.0926. The molecular weight excluding hydrogens is 120 g/mol. The van der Waals surface area contributed by atoms with Crippen LogP contribution in [0.5, 0.6) is 0 Å². The van der Waals surface area contributed by atoms with E-state index in [0.717, 1.165) is 0 Å². The lowest BCUT2D eigenvalue weighted by atomic mass is 11.3. The summed E-state index contributed by atoms with van der Waals surface area (Å²) in [4.78, 5) is 0. The first kappa shape index (κ1) is 6.04. The number of hydrogen-bond donors (Lipinski definition) is 2. The molecular formula is C2H4O2S2. The Labute approximate surface area is 43.2 Å². The van der Waals surface area contributed by atoms with Crippen LogP contribution in [0.25, 0.3) is 0 Å². The van der Waals surface area contributed by atoms with Crippen LogP contribution in [0.1, 0.15) is 0 Å². The molecule has 6 heavy (non-hydrogen) atoms. The summed E-state index contributed by atoms with van der Waals surface area (Å²) < 4.78 is 19.0. The fraction of sp³-hybridized carbons (Fsp3) is 0. The van der Waals surface area contributed by atoms with Gasteiger partial charge in [0.25, 0.3) is 0 Å². The van der Waals surface area contributed by atoms with Gasteiger partial charge in [0.2, 0.25) is 0 Å². The van der Waals surface area contributed by atoms with Crippen molar-refractivity contribution in [2.75, 3.05) is 0 Å². The summed E-state index contributed by atoms with van der Waals surface area (Å²) in [6, 6.07) is 0. The Hall–Kier alpha value is 0.0400. The topological polar surface area (TPSA) is 34.1 Å². The lowest BCUT2D eigenvalue weighted by Crippen LogP contribution is -1.66. The van der Waals surface area contributed by atoms with Gasteiger partial charge < -0.3 is 0 Å². The van der Waals surface area contributed by atoms with E-state index in [4.69, 9.17) is 0 Å². The van der Waals surface area contributed by atoms with E-state index in [-0.39, 0.29) is 4.24 Å². The maximum absolute atomic E-state index is 9.56. The fourth-order valence-electron chi connectivity index (χ4n) is 0. The molecule has 0 heterocycles. The molecule has 0 aromatic heterocycles. The molecule has 0 amide bonds. The second-order valence-corrected chi connectivity index (χ2v) is 2.62. The molecule has 0 radical (unpaired) electrons. The first-order valence-electron chi connectivity index (χ1n) is 1.17. The van der Waals surface area contributed by atoms with E-state index >= 15 is 0 Å². The SMILES string of the molecule is C=C(S)[SH](=O)=O. The second-order valence-electron chi connectivity index (χ2n) is 0.673. The number of rotatable bonds is 1. The van der Waals surface area contributed by atoms with Gasteiger partial charge in [-0.3, -0.25) is 0 Å². The molecule has 0 aliphatic carbocycles. The molecule has 0 aliphatic rings. The lowest BCUT2D eigenvalue weighted by molar-refractivity contribution is 0.621. The zero-order valence-corrected chi connectivity index (χ0v) is 4.71. The van der Waals surface area contributed by atoms with Crippen LogP contribution in [0.15, 0.2) is 10.8 Å². The second kappa shape index (κ2) is 2.25. The highest BCUT2D eigenvalue weighted by molar-refractivity contribution is 8.01. The predicted molar refractivity (Wildman–Crippen MR) is 28.4 cm³/mol. The number of thiol groups is 2. The first-order chi connectivity index (χ1) is 2.64. The monoisotopic (exact) mass is 124 g/mol. The molecule has 0 unspecified atom stereocenters.